The van der Waals surface area contributed by atoms with Gasteiger partial charge in [0.15, 0.2) is 5.78 Å². The average Bonchev–Trinajstić information content (AvgIpc) is 2.15. The number of carbonyl (C=O) groups is 2. The first kappa shape index (κ1) is 14.2. The van der Waals surface area contributed by atoms with Gasteiger partial charge in [-0.3, -0.25) is 9.59 Å². The Labute approximate surface area is 111 Å². The molecule has 0 aromatic heterocycles. The molecular formula is C10H12NNaO3. The molecule has 0 fully saturated rings. The third kappa shape index (κ3) is 4.46. The minimum absolute atomic E-state index is 0. The van der Waals surface area contributed by atoms with Gasteiger partial charge in [0.1, 0.15) is 6.54 Å². The number of para-hydroxylation sites is 1. The maximum atomic E-state index is 11.1. The van der Waals surface area contributed by atoms with Crippen molar-refractivity contribution in [1.29, 1.82) is 0 Å². The zero-order valence-corrected chi connectivity index (χ0v) is 10.8. The van der Waals surface area contributed by atoms with E-state index in [4.69, 9.17) is 5.11 Å². The predicted molar refractivity (Wildman–Crippen MR) is 53.7 cm³/mol. The predicted octanol–water partition coefficient (Wildman–Crippen LogP) is -1.50. The number of carbonyl (C=O) groups excluding carboxylic acids is 1. The molecule has 0 saturated heterocycles. The van der Waals surface area contributed by atoms with Crippen molar-refractivity contribution in [3.63, 3.8) is 0 Å². The normalized spacial score (nSPS) is 8.87. The molecule has 76 valence electrons. The second kappa shape index (κ2) is 6.61. The van der Waals surface area contributed by atoms with Crippen molar-refractivity contribution in [2.45, 2.75) is 6.92 Å². The van der Waals surface area contributed by atoms with Crippen molar-refractivity contribution >= 4 is 17.4 Å². The Kier molecular flexibility index (Phi) is 6.24. The number of carboxylic acids is 1. The largest absolute Gasteiger partial charge is 1.00 e. The van der Waals surface area contributed by atoms with Crippen LogP contribution in [-0.4, -0.2) is 23.4 Å². The van der Waals surface area contributed by atoms with Crippen LogP contribution in [0.2, 0.25) is 0 Å². The van der Waals surface area contributed by atoms with E-state index in [1.54, 1.807) is 24.3 Å². The zero-order valence-electron chi connectivity index (χ0n) is 9.78. The molecular weight excluding hydrogens is 205 g/mol. The number of benzene rings is 1. The molecule has 2 N–H and O–H groups in total. The van der Waals surface area contributed by atoms with Gasteiger partial charge in [0.05, 0.1) is 0 Å². The number of carboxylic acid groups (broad SMARTS) is 1. The monoisotopic (exact) mass is 217 g/mol. The van der Waals surface area contributed by atoms with E-state index in [-0.39, 0.29) is 43.3 Å². The molecule has 15 heavy (non-hydrogen) atoms. The molecule has 0 heterocycles. The Morgan fingerprint density at radius 1 is 1.40 bits per heavy atom. The van der Waals surface area contributed by atoms with Crippen LogP contribution in [0.4, 0.5) is 5.69 Å². The summed E-state index contributed by atoms with van der Waals surface area (Å²) in [4.78, 5) is 21.4. The molecule has 1 aromatic rings. The van der Waals surface area contributed by atoms with E-state index in [0.717, 1.165) is 0 Å². The summed E-state index contributed by atoms with van der Waals surface area (Å²) >= 11 is 0. The van der Waals surface area contributed by atoms with Crippen LogP contribution < -0.4 is 34.9 Å². The van der Waals surface area contributed by atoms with E-state index in [0.29, 0.717) is 11.3 Å². The van der Waals surface area contributed by atoms with Crippen LogP contribution >= 0.6 is 0 Å². The summed E-state index contributed by atoms with van der Waals surface area (Å²) in [6.07, 6.45) is 0. The number of hydrogen-bond acceptors (Lipinski definition) is 3. The number of Topliss-reactive ketones (excluding diaryl/α,β-unsaturated/α-hetero) is 1. The smallest absolute Gasteiger partial charge is 1.00 e. The van der Waals surface area contributed by atoms with Gasteiger partial charge in [-0.05, 0) is 19.1 Å². The summed E-state index contributed by atoms with van der Waals surface area (Å²) in [7, 11) is 0. The molecule has 1 rings (SSSR count). The van der Waals surface area contributed by atoms with Crippen molar-refractivity contribution in [3.05, 3.63) is 29.8 Å². The number of hydrogen-bond donors (Lipinski definition) is 2. The fourth-order valence-corrected chi connectivity index (χ4v) is 1.12. The maximum Gasteiger partial charge on any atom is 1.00 e. The SMILES string of the molecule is CC(=O)c1ccccc1NCC(=O)O.[H-].[Na+]. The molecule has 0 radical (unpaired) electrons. The topological polar surface area (TPSA) is 66.4 Å². The Morgan fingerprint density at radius 3 is 2.53 bits per heavy atom. The second-order valence-corrected chi connectivity index (χ2v) is 2.85. The van der Waals surface area contributed by atoms with Crippen molar-refractivity contribution in [2.75, 3.05) is 11.9 Å². The molecule has 0 aliphatic rings. The van der Waals surface area contributed by atoms with E-state index >= 15 is 0 Å². The maximum absolute atomic E-state index is 11.1. The fourth-order valence-electron chi connectivity index (χ4n) is 1.12. The number of nitrogens with one attached hydrogen (secondary N) is 1. The van der Waals surface area contributed by atoms with E-state index < -0.39 is 5.97 Å². The summed E-state index contributed by atoms with van der Waals surface area (Å²) < 4.78 is 0. The summed E-state index contributed by atoms with van der Waals surface area (Å²) in [5.74, 6) is -1.04. The second-order valence-electron chi connectivity index (χ2n) is 2.85. The van der Waals surface area contributed by atoms with Gasteiger partial charge in [0.2, 0.25) is 0 Å². The van der Waals surface area contributed by atoms with Crippen LogP contribution in [0.1, 0.15) is 18.7 Å². The summed E-state index contributed by atoms with van der Waals surface area (Å²) in [6, 6.07) is 6.82. The zero-order chi connectivity index (χ0) is 10.6. The van der Waals surface area contributed by atoms with Gasteiger partial charge in [-0.15, -0.1) is 0 Å². The Balaban J connectivity index is 0. The summed E-state index contributed by atoms with van der Waals surface area (Å²) in [5, 5.41) is 11.1. The third-order valence-corrected chi connectivity index (χ3v) is 1.74. The van der Waals surface area contributed by atoms with Crippen LogP contribution in [0.3, 0.4) is 0 Å². The number of aliphatic carboxylic acids is 1. The van der Waals surface area contributed by atoms with Gasteiger partial charge in [0, 0.05) is 11.3 Å². The van der Waals surface area contributed by atoms with Crippen molar-refractivity contribution in [3.8, 4) is 0 Å². The van der Waals surface area contributed by atoms with E-state index in [9.17, 15) is 9.59 Å². The molecule has 0 spiro atoms. The Morgan fingerprint density at radius 2 is 2.00 bits per heavy atom. The first-order valence-corrected chi connectivity index (χ1v) is 4.17. The van der Waals surface area contributed by atoms with Gasteiger partial charge >= 0.3 is 35.5 Å². The van der Waals surface area contributed by atoms with E-state index in [2.05, 4.69) is 5.32 Å². The van der Waals surface area contributed by atoms with Crippen molar-refractivity contribution in [2.24, 2.45) is 0 Å². The summed E-state index contributed by atoms with van der Waals surface area (Å²) in [5.41, 5.74) is 1.07. The molecule has 0 saturated carbocycles. The van der Waals surface area contributed by atoms with Crippen LogP contribution in [0, 0.1) is 0 Å². The van der Waals surface area contributed by atoms with Gasteiger partial charge in [-0.25, -0.2) is 0 Å². The van der Waals surface area contributed by atoms with Crippen LogP contribution in [0.15, 0.2) is 24.3 Å². The first-order chi connectivity index (χ1) is 6.61. The molecule has 5 heteroatoms. The fraction of sp³-hybridized carbons (Fsp3) is 0.200. The van der Waals surface area contributed by atoms with Gasteiger partial charge in [-0.1, -0.05) is 12.1 Å². The number of anilines is 1. The number of rotatable bonds is 4. The third-order valence-electron chi connectivity index (χ3n) is 1.74. The van der Waals surface area contributed by atoms with E-state index in [1.807, 2.05) is 0 Å². The average molecular weight is 217 g/mol. The van der Waals surface area contributed by atoms with Crippen LogP contribution in [-0.2, 0) is 4.79 Å². The quantitative estimate of drug-likeness (QED) is 0.476. The molecule has 4 nitrogen and oxygen atoms in total. The van der Waals surface area contributed by atoms with Gasteiger partial charge in [0.25, 0.3) is 0 Å². The van der Waals surface area contributed by atoms with Gasteiger partial charge in [-0.2, -0.15) is 0 Å². The summed E-state index contributed by atoms with van der Waals surface area (Å²) in [6.45, 7) is 1.26. The van der Waals surface area contributed by atoms with Crippen LogP contribution in [0.5, 0.6) is 0 Å². The molecule has 1 aromatic carbocycles. The molecule has 0 bridgehead atoms. The minimum atomic E-state index is -0.955. The molecule has 0 aliphatic heterocycles. The number of ketones is 1. The molecule has 0 atom stereocenters. The first-order valence-electron chi connectivity index (χ1n) is 4.17. The minimum Gasteiger partial charge on any atom is -1.00 e. The Hall–Kier alpha value is -0.840. The van der Waals surface area contributed by atoms with Crippen molar-refractivity contribution < 1.29 is 45.7 Å². The molecule has 0 unspecified atom stereocenters. The molecule has 0 amide bonds. The molecule has 0 aliphatic carbocycles. The van der Waals surface area contributed by atoms with Crippen LogP contribution in [0.25, 0.3) is 0 Å². The van der Waals surface area contributed by atoms with E-state index in [1.165, 1.54) is 6.92 Å². The standard InChI is InChI=1S/C10H11NO3.Na.H/c1-7(12)8-4-2-3-5-9(8)11-6-10(13)14;;/h2-5,11H,6H2,1H3,(H,13,14);;/q;+1;-1. The van der Waals surface area contributed by atoms with Crippen molar-refractivity contribution in [1.82, 2.24) is 0 Å². The van der Waals surface area contributed by atoms with Gasteiger partial charge < -0.3 is 11.8 Å². The Bertz CT molecular complexity index is 371.